The molecule has 1 atom stereocenters. The van der Waals surface area contributed by atoms with Gasteiger partial charge < -0.3 is 15.1 Å². The van der Waals surface area contributed by atoms with E-state index in [1.807, 2.05) is 18.2 Å². The number of likely N-dealkylation sites (N-methyl/N-ethyl adjacent to an activating group) is 1. The summed E-state index contributed by atoms with van der Waals surface area (Å²) in [6.07, 6.45) is 2.31. The van der Waals surface area contributed by atoms with Crippen LogP contribution in [0.3, 0.4) is 0 Å². The van der Waals surface area contributed by atoms with Gasteiger partial charge in [0.25, 0.3) is 0 Å². The summed E-state index contributed by atoms with van der Waals surface area (Å²) in [6, 6.07) is 10.6. The van der Waals surface area contributed by atoms with Crippen LogP contribution >= 0.6 is 0 Å². The summed E-state index contributed by atoms with van der Waals surface area (Å²) in [5.74, 6) is 0.874. The number of rotatable bonds is 6. The maximum Gasteiger partial charge on any atom is 0.134 e. The number of para-hydroxylation sites is 1. The van der Waals surface area contributed by atoms with E-state index >= 15 is 0 Å². The number of benzene rings is 1. The van der Waals surface area contributed by atoms with Gasteiger partial charge in [-0.05, 0) is 32.0 Å². The van der Waals surface area contributed by atoms with Crippen LogP contribution in [-0.2, 0) is 0 Å². The van der Waals surface area contributed by atoms with Crippen molar-refractivity contribution >= 4 is 11.0 Å². The topological polar surface area (TPSA) is 42.4 Å². The molecular weight excluding hydrogens is 236 g/mol. The van der Waals surface area contributed by atoms with E-state index in [1.54, 1.807) is 0 Å². The zero-order chi connectivity index (χ0) is 13.8. The molecule has 0 spiro atoms. The molecule has 0 amide bonds. The molecule has 1 aromatic carbocycles. The van der Waals surface area contributed by atoms with Gasteiger partial charge in [-0.15, -0.1) is 0 Å². The number of nitrogens with zero attached hydrogens (tertiary/aromatic N) is 1. The smallest absolute Gasteiger partial charge is 0.134 e. The second kappa shape index (κ2) is 6.22. The quantitative estimate of drug-likeness (QED) is 0.863. The van der Waals surface area contributed by atoms with Crippen molar-refractivity contribution in [1.29, 1.82) is 0 Å². The molecule has 0 bridgehead atoms. The van der Waals surface area contributed by atoms with Crippen LogP contribution in [-0.4, -0.2) is 24.5 Å². The van der Waals surface area contributed by atoms with Crippen LogP contribution in [0, 0.1) is 0 Å². The van der Waals surface area contributed by atoms with Crippen molar-refractivity contribution in [3.63, 3.8) is 0 Å². The van der Waals surface area contributed by atoms with Gasteiger partial charge in [-0.25, -0.2) is 0 Å². The number of nitrogens with two attached hydrogens (primary N) is 1. The van der Waals surface area contributed by atoms with E-state index in [0.29, 0.717) is 6.04 Å². The van der Waals surface area contributed by atoms with Gasteiger partial charge in [0.05, 0.1) is 6.04 Å². The van der Waals surface area contributed by atoms with Gasteiger partial charge in [-0.3, -0.25) is 0 Å². The van der Waals surface area contributed by atoms with Gasteiger partial charge in [0.2, 0.25) is 0 Å². The number of hydrogen-bond acceptors (Lipinski definition) is 3. The Labute approximate surface area is 115 Å². The summed E-state index contributed by atoms with van der Waals surface area (Å²) in [7, 11) is 2.14. The minimum atomic E-state index is -0.0713. The van der Waals surface area contributed by atoms with Crippen LogP contribution in [0.15, 0.2) is 34.7 Å². The molecule has 2 N–H and O–H groups in total. The second-order valence-corrected chi connectivity index (χ2v) is 5.20. The molecule has 0 saturated heterocycles. The van der Waals surface area contributed by atoms with E-state index < -0.39 is 0 Å². The predicted molar refractivity (Wildman–Crippen MR) is 80.1 cm³/mol. The Kier molecular flexibility index (Phi) is 4.61. The van der Waals surface area contributed by atoms with E-state index in [0.717, 1.165) is 36.1 Å². The normalized spacial score (nSPS) is 13.6. The highest BCUT2D eigenvalue weighted by Crippen LogP contribution is 2.23. The molecule has 1 aromatic heterocycles. The molecule has 2 rings (SSSR count). The van der Waals surface area contributed by atoms with Crippen LogP contribution in [0.25, 0.3) is 11.0 Å². The minimum Gasteiger partial charge on any atom is -0.459 e. The van der Waals surface area contributed by atoms with E-state index in [-0.39, 0.29) is 6.04 Å². The predicted octanol–water partition coefficient (Wildman–Crippen LogP) is 3.55. The standard InChI is InChI=1S/C16H24N2O/c1-4-13(5-2)18(3)11-14(17)16-10-12-8-6-7-9-15(12)19-16/h6-10,13-14H,4-5,11,17H2,1-3H3. The number of hydrogen-bond donors (Lipinski definition) is 1. The molecule has 0 saturated carbocycles. The van der Waals surface area contributed by atoms with Crippen molar-refractivity contribution < 1.29 is 4.42 Å². The molecule has 1 heterocycles. The molecule has 3 heteroatoms. The van der Waals surface area contributed by atoms with Crippen LogP contribution < -0.4 is 5.73 Å². The fourth-order valence-corrected chi connectivity index (χ4v) is 2.65. The lowest BCUT2D eigenvalue weighted by molar-refractivity contribution is 0.211. The molecule has 0 aliphatic heterocycles. The Morgan fingerprint density at radius 3 is 2.53 bits per heavy atom. The Bertz CT molecular complexity index is 483. The molecule has 0 fully saturated rings. The Balaban J connectivity index is 2.08. The lowest BCUT2D eigenvalue weighted by Gasteiger charge is -2.27. The first-order valence-corrected chi connectivity index (χ1v) is 7.10. The zero-order valence-corrected chi connectivity index (χ0v) is 12.1. The van der Waals surface area contributed by atoms with Crippen LogP contribution in [0.2, 0.25) is 0 Å². The highest BCUT2D eigenvalue weighted by molar-refractivity contribution is 5.77. The number of furan rings is 1. The average molecular weight is 260 g/mol. The van der Waals surface area contributed by atoms with Crippen molar-refractivity contribution in [2.45, 2.75) is 38.8 Å². The summed E-state index contributed by atoms with van der Waals surface area (Å²) in [5, 5.41) is 1.12. The number of fused-ring (bicyclic) bond motifs is 1. The fourth-order valence-electron chi connectivity index (χ4n) is 2.65. The molecular formula is C16H24N2O. The maximum atomic E-state index is 6.27. The van der Waals surface area contributed by atoms with Crippen LogP contribution in [0.4, 0.5) is 0 Å². The molecule has 0 radical (unpaired) electrons. The lowest BCUT2D eigenvalue weighted by Crippen LogP contribution is -2.36. The molecule has 1 unspecified atom stereocenters. The monoisotopic (exact) mass is 260 g/mol. The Morgan fingerprint density at radius 1 is 1.21 bits per heavy atom. The second-order valence-electron chi connectivity index (χ2n) is 5.20. The van der Waals surface area contributed by atoms with Gasteiger partial charge >= 0.3 is 0 Å². The van der Waals surface area contributed by atoms with Gasteiger partial charge in [-0.2, -0.15) is 0 Å². The van der Waals surface area contributed by atoms with Crippen LogP contribution in [0.5, 0.6) is 0 Å². The third kappa shape index (κ3) is 3.17. The molecule has 104 valence electrons. The third-order valence-electron chi connectivity index (χ3n) is 3.86. The zero-order valence-electron chi connectivity index (χ0n) is 12.1. The fraction of sp³-hybridized carbons (Fsp3) is 0.500. The summed E-state index contributed by atoms with van der Waals surface area (Å²) in [6.45, 7) is 5.26. The van der Waals surface area contributed by atoms with Crippen molar-refractivity contribution in [2.75, 3.05) is 13.6 Å². The SMILES string of the molecule is CCC(CC)N(C)CC(N)c1cc2ccccc2o1. The summed E-state index contributed by atoms with van der Waals surface area (Å²) in [5.41, 5.74) is 7.19. The van der Waals surface area contributed by atoms with Crippen LogP contribution in [0.1, 0.15) is 38.5 Å². The Morgan fingerprint density at radius 2 is 1.89 bits per heavy atom. The lowest BCUT2D eigenvalue weighted by atomic mass is 10.1. The first kappa shape index (κ1) is 14.1. The maximum absolute atomic E-state index is 6.27. The minimum absolute atomic E-state index is 0.0713. The van der Waals surface area contributed by atoms with Crippen molar-refractivity contribution in [1.82, 2.24) is 4.90 Å². The highest BCUT2D eigenvalue weighted by Gasteiger charge is 2.17. The van der Waals surface area contributed by atoms with Gasteiger partial charge in [-0.1, -0.05) is 32.0 Å². The van der Waals surface area contributed by atoms with Crippen molar-refractivity contribution in [3.8, 4) is 0 Å². The first-order chi connectivity index (χ1) is 9.15. The summed E-state index contributed by atoms with van der Waals surface area (Å²) in [4.78, 5) is 2.33. The van der Waals surface area contributed by atoms with E-state index in [2.05, 4.69) is 37.9 Å². The van der Waals surface area contributed by atoms with Gasteiger partial charge in [0.1, 0.15) is 11.3 Å². The average Bonchev–Trinajstić information content (AvgIpc) is 2.84. The summed E-state index contributed by atoms with van der Waals surface area (Å²) >= 11 is 0. The largest absolute Gasteiger partial charge is 0.459 e. The molecule has 19 heavy (non-hydrogen) atoms. The molecule has 2 aromatic rings. The highest BCUT2D eigenvalue weighted by atomic mass is 16.3. The van der Waals surface area contributed by atoms with Gasteiger partial charge in [0, 0.05) is 18.0 Å². The summed E-state index contributed by atoms with van der Waals surface area (Å²) < 4.78 is 5.83. The molecule has 3 nitrogen and oxygen atoms in total. The first-order valence-electron chi connectivity index (χ1n) is 7.10. The van der Waals surface area contributed by atoms with E-state index in [1.165, 1.54) is 0 Å². The van der Waals surface area contributed by atoms with E-state index in [9.17, 15) is 0 Å². The van der Waals surface area contributed by atoms with Crippen molar-refractivity contribution in [3.05, 3.63) is 36.1 Å². The molecule has 0 aliphatic carbocycles. The van der Waals surface area contributed by atoms with Crippen molar-refractivity contribution in [2.24, 2.45) is 5.73 Å². The molecule has 0 aliphatic rings. The third-order valence-corrected chi connectivity index (χ3v) is 3.86. The van der Waals surface area contributed by atoms with E-state index in [4.69, 9.17) is 10.2 Å². The van der Waals surface area contributed by atoms with Gasteiger partial charge in [0.15, 0.2) is 0 Å². The Hall–Kier alpha value is -1.32.